The topological polar surface area (TPSA) is 120 Å². The molecule has 2 atom stereocenters. The lowest BCUT2D eigenvalue weighted by atomic mass is 9.91. The third-order valence-electron chi connectivity index (χ3n) is 5.76. The largest absolute Gasteiger partial charge is 0.465 e. The van der Waals surface area contributed by atoms with Gasteiger partial charge in [0.15, 0.2) is 5.92 Å². The van der Waals surface area contributed by atoms with Crippen molar-refractivity contribution in [2.45, 2.75) is 39.5 Å². The Morgan fingerprint density at radius 2 is 1.32 bits per heavy atom. The quantitative estimate of drug-likeness (QED) is 0.162. The number of rotatable bonds is 10. The first-order chi connectivity index (χ1) is 18.4. The van der Waals surface area contributed by atoms with Crippen molar-refractivity contribution in [3.63, 3.8) is 0 Å². The van der Waals surface area contributed by atoms with Gasteiger partial charge >= 0.3 is 24.1 Å². The second-order valence-electron chi connectivity index (χ2n) is 8.42. The number of hydrogen-bond acceptors (Lipinski definition) is 8. The van der Waals surface area contributed by atoms with Crippen LogP contribution >= 0.6 is 0 Å². The van der Waals surface area contributed by atoms with Crippen LogP contribution in [0.15, 0.2) is 72.8 Å². The van der Waals surface area contributed by atoms with Gasteiger partial charge in [0.05, 0.1) is 19.3 Å². The van der Waals surface area contributed by atoms with Crippen LogP contribution in [0.5, 0.6) is 0 Å². The van der Waals surface area contributed by atoms with Crippen LogP contribution in [-0.2, 0) is 41.8 Å². The van der Waals surface area contributed by atoms with Crippen molar-refractivity contribution in [2.75, 3.05) is 13.2 Å². The van der Waals surface area contributed by atoms with E-state index in [0.29, 0.717) is 0 Å². The minimum Gasteiger partial charge on any atom is -0.465 e. The number of carbonyl (C=O) groups is 4. The second kappa shape index (κ2) is 14.4. The van der Waals surface area contributed by atoms with Crippen molar-refractivity contribution >= 4 is 24.1 Å². The minimum absolute atomic E-state index is 0.00347. The number of benzene rings is 2. The van der Waals surface area contributed by atoms with E-state index in [1.165, 1.54) is 0 Å². The molecule has 3 rings (SSSR count). The molecule has 0 saturated heterocycles. The summed E-state index contributed by atoms with van der Waals surface area (Å²) in [6.07, 6.45) is 1.70. The molecular formula is C28H32N2O8. The van der Waals surface area contributed by atoms with Gasteiger partial charge in [-0.05, 0) is 31.4 Å². The number of allylic oxidation sites excluding steroid dienone is 1. The lowest BCUT2D eigenvalue weighted by Crippen LogP contribution is -2.51. The number of carbonyl (C=O) groups excluding carboxylic acids is 4. The van der Waals surface area contributed by atoms with Crippen LogP contribution in [0.25, 0.3) is 0 Å². The summed E-state index contributed by atoms with van der Waals surface area (Å²) in [5.74, 6) is -3.25. The summed E-state index contributed by atoms with van der Waals surface area (Å²) < 4.78 is 20.9. The fourth-order valence-electron chi connectivity index (χ4n) is 3.96. The molecule has 0 spiro atoms. The number of ether oxygens (including phenoxy) is 4. The van der Waals surface area contributed by atoms with Gasteiger partial charge in [0.25, 0.3) is 0 Å². The Labute approximate surface area is 221 Å². The maximum Gasteiger partial charge on any atom is 0.429 e. The van der Waals surface area contributed by atoms with E-state index in [1.54, 1.807) is 50.3 Å². The van der Waals surface area contributed by atoms with Crippen LogP contribution in [-0.4, -0.2) is 48.4 Å². The van der Waals surface area contributed by atoms with E-state index in [0.717, 1.165) is 16.1 Å². The summed E-state index contributed by atoms with van der Waals surface area (Å²) in [6, 6.07) is 17.4. The van der Waals surface area contributed by atoms with E-state index in [9.17, 15) is 19.2 Å². The number of nitrogens with zero attached hydrogens (tertiary/aromatic N) is 1. The Kier molecular flexibility index (Phi) is 10.7. The molecule has 0 fully saturated rings. The molecule has 2 aromatic rings. The fraction of sp³-hybridized carbons (Fsp3) is 0.357. The van der Waals surface area contributed by atoms with Crippen molar-refractivity contribution in [3.05, 3.63) is 83.9 Å². The van der Waals surface area contributed by atoms with Crippen LogP contribution in [0.1, 0.15) is 31.4 Å². The van der Waals surface area contributed by atoms with Crippen molar-refractivity contribution < 1.29 is 38.1 Å². The highest BCUT2D eigenvalue weighted by Crippen LogP contribution is 2.30. The predicted molar refractivity (Wildman–Crippen MR) is 136 cm³/mol. The Bertz CT molecular complexity index is 1090. The van der Waals surface area contributed by atoms with Gasteiger partial charge < -0.3 is 18.9 Å². The van der Waals surface area contributed by atoms with Crippen molar-refractivity contribution in [1.82, 2.24) is 10.4 Å². The van der Waals surface area contributed by atoms with Crippen LogP contribution in [0.2, 0.25) is 0 Å². The van der Waals surface area contributed by atoms with Gasteiger partial charge in [0.1, 0.15) is 13.2 Å². The van der Waals surface area contributed by atoms with E-state index in [-0.39, 0.29) is 32.8 Å². The average Bonchev–Trinajstić information content (AvgIpc) is 3.40. The van der Waals surface area contributed by atoms with Gasteiger partial charge in [0.2, 0.25) is 0 Å². The lowest BCUT2D eigenvalue weighted by molar-refractivity contribution is -0.163. The van der Waals surface area contributed by atoms with Crippen LogP contribution in [0.4, 0.5) is 9.59 Å². The molecule has 1 N–H and O–H groups in total. The lowest BCUT2D eigenvalue weighted by Gasteiger charge is -2.28. The van der Waals surface area contributed by atoms with Gasteiger partial charge in [-0.15, -0.1) is 0 Å². The molecule has 10 nitrogen and oxygen atoms in total. The molecule has 2 aromatic carbocycles. The first kappa shape index (κ1) is 28.2. The summed E-state index contributed by atoms with van der Waals surface area (Å²) in [6.45, 7) is 3.45. The first-order valence-corrected chi connectivity index (χ1v) is 12.4. The van der Waals surface area contributed by atoms with Crippen molar-refractivity contribution in [3.8, 4) is 0 Å². The number of esters is 2. The average molecular weight is 525 g/mol. The Hall–Kier alpha value is -4.34. The van der Waals surface area contributed by atoms with Gasteiger partial charge in [0, 0.05) is 5.92 Å². The van der Waals surface area contributed by atoms with Crippen LogP contribution < -0.4 is 5.43 Å². The number of hydrogen-bond donors (Lipinski definition) is 1. The normalized spacial score (nSPS) is 16.0. The summed E-state index contributed by atoms with van der Waals surface area (Å²) in [4.78, 5) is 50.8. The standard InChI is InChI=1S/C28H32N2O8/c1-3-35-25(31)24(26(32)36-4-2)22-15-16-23(17-22)30(28(34)38-19-21-13-9-6-10-14-21)29-27(33)37-18-20-11-7-5-8-12-20/h5-16,22-24H,3-4,17-19H2,1-2H3,(H,29,33)/t22-,23+/m1/s1. The highest BCUT2D eigenvalue weighted by Gasteiger charge is 2.41. The molecule has 0 aromatic heterocycles. The molecule has 0 saturated carbocycles. The molecule has 10 heteroatoms. The summed E-state index contributed by atoms with van der Waals surface area (Å²) >= 11 is 0. The molecule has 38 heavy (non-hydrogen) atoms. The van der Waals surface area contributed by atoms with Gasteiger partial charge in [-0.25, -0.2) is 20.0 Å². The SMILES string of the molecule is CCOC(=O)C(C(=O)OCC)[C@@H]1C=C[C@H](N(NC(=O)OCc2ccccc2)C(=O)OCc2ccccc2)C1. The smallest absolute Gasteiger partial charge is 0.429 e. The molecular weight excluding hydrogens is 492 g/mol. The van der Waals surface area contributed by atoms with E-state index in [4.69, 9.17) is 18.9 Å². The third-order valence-corrected chi connectivity index (χ3v) is 5.76. The Balaban J connectivity index is 1.72. The maximum absolute atomic E-state index is 13.1. The first-order valence-electron chi connectivity index (χ1n) is 12.4. The van der Waals surface area contributed by atoms with E-state index < -0.39 is 42.0 Å². The second-order valence-corrected chi connectivity index (χ2v) is 8.42. The summed E-state index contributed by atoms with van der Waals surface area (Å²) in [5.41, 5.74) is 3.98. The number of hydrazine groups is 1. The zero-order valence-electron chi connectivity index (χ0n) is 21.4. The molecule has 1 aliphatic rings. The molecule has 0 radical (unpaired) electrons. The Morgan fingerprint density at radius 1 is 0.789 bits per heavy atom. The monoisotopic (exact) mass is 524 g/mol. The molecule has 0 aliphatic heterocycles. The van der Waals surface area contributed by atoms with E-state index in [2.05, 4.69) is 5.43 Å². The highest BCUT2D eigenvalue weighted by molar-refractivity contribution is 5.95. The minimum atomic E-state index is -1.21. The Morgan fingerprint density at radius 3 is 1.84 bits per heavy atom. The van der Waals surface area contributed by atoms with E-state index >= 15 is 0 Å². The molecule has 2 amide bonds. The van der Waals surface area contributed by atoms with Crippen LogP contribution in [0.3, 0.4) is 0 Å². The number of nitrogens with one attached hydrogen (secondary N) is 1. The molecule has 1 aliphatic carbocycles. The third kappa shape index (κ3) is 8.09. The van der Waals surface area contributed by atoms with Gasteiger partial charge in [-0.2, -0.15) is 0 Å². The summed E-state index contributed by atoms with van der Waals surface area (Å²) in [5, 5.41) is 1.00. The molecule has 202 valence electrons. The fourth-order valence-corrected chi connectivity index (χ4v) is 3.96. The zero-order valence-corrected chi connectivity index (χ0v) is 21.4. The van der Waals surface area contributed by atoms with E-state index in [1.807, 2.05) is 36.4 Å². The van der Waals surface area contributed by atoms with Crippen molar-refractivity contribution in [1.29, 1.82) is 0 Å². The van der Waals surface area contributed by atoms with Gasteiger partial charge in [-0.3, -0.25) is 9.59 Å². The summed E-state index contributed by atoms with van der Waals surface area (Å²) in [7, 11) is 0. The molecule has 0 heterocycles. The molecule has 0 unspecified atom stereocenters. The molecule has 0 bridgehead atoms. The van der Waals surface area contributed by atoms with Crippen LogP contribution in [0, 0.1) is 11.8 Å². The highest BCUT2D eigenvalue weighted by atomic mass is 16.6. The van der Waals surface area contributed by atoms with Gasteiger partial charge in [-0.1, -0.05) is 72.8 Å². The van der Waals surface area contributed by atoms with Crippen molar-refractivity contribution in [2.24, 2.45) is 11.8 Å². The maximum atomic E-state index is 13.1. The zero-order chi connectivity index (χ0) is 27.3. The predicted octanol–water partition coefficient (Wildman–Crippen LogP) is 4.15. The number of amides is 2.